The van der Waals surface area contributed by atoms with Crippen molar-refractivity contribution in [3.05, 3.63) is 64.3 Å². The lowest BCUT2D eigenvalue weighted by molar-refractivity contribution is 0.309. The molecule has 2 aromatic carbocycles. The van der Waals surface area contributed by atoms with Crippen LogP contribution in [0.3, 0.4) is 0 Å². The number of nitrogens with two attached hydrogens (primary N) is 2. The number of rotatable bonds is 8. The van der Waals surface area contributed by atoms with Crippen molar-refractivity contribution in [1.29, 1.82) is 5.26 Å². The molecule has 0 bridgehead atoms. The number of benzene rings is 2. The van der Waals surface area contributed by atoms with Crippen LogP contribution in [0.5, 0.6) is 0 Å². The third kappa shape index (κ3) is 5.27. The van der Waals surface area contributed by atoms with Crippen LogP contribution in [0.15, 0.2) is 30.6 Å². The molecule has 0 aliphatic carbocycles. The second-order valence-corrected chi connectivity index (χ2v) is 11.8. The molecule has 0 saturated heterocycles. The first kappa shape index (κ1) is 29.3. The van der Waals surface area contributed by atoms with Gasteiger partial charge in [-0.15, -0.1) is 11.3 Å². The van der Waals surface area contributed by atoms with Gasteiger partial charge < -0.3 is 21.7 Å². The Morgan fingerprint density at radius 2 is 1.88 bits per heavy atom. The highest BCUT2D eigenvalue weighted by molar-refractivity contribution is 7.23. The molecule has 42 heavy (non-hydrogen) atoms. The summed E-state index contributed by atoms with van der Waals surface area (Å²) in [4.78, 5) is 19.8. The van der Waals surface area contributed by atoms with Crippen LogP contribution in [0, 0.1) is 23.0 Å². The van der Waals surface area contributed by atoms with Crippen LogP contribution in [0.25, 0.3) is 32.1 Å². The maximum Gasteiger partial charge on any atom is 0.158 e. The molecule has 0 fully saturated rings. The number of likely N-dealkylation sites (N-methyl/N-ethyl adjacent to an activating group) is 1. The van der Waals surface area contributed by atoms with Crippen molar-refractivity contribution in [2.24, 2.45) is 0 Å². The van der Waals surface area contributed by atoms with Crippen LogP contribution >= 0.6 is 22.9 Å². The number of nitrogen functional groups attached to an aromatic ring is 2. The van der Waals surface area contributed by atoms with Crippen LogP contribution in [-0.2, 0) is 6.42 Å². The first-order chi connectivity index (χ1) is 20.0. The molecule has 2 atom stereocenters. The van der Waals surface area contributed by atoms with E-state index in [0.29, 0.717) is 41.5 Å². The van der Waals surface area contributed by atoms with Gasteiger partial charge in [-0.3, -0.25) is 4.98 Å². The smallest absolute Gasteiger partial charge is 0.158 e. The molecule has 9 nitrogen and oxygen atoms in total. The Morgan fingerprint density at radius 1 is 1.14 bits per heavy atom. The van der Waals surface area contributed by atoms with E-state index in [1.165, 1.54) is 18.3 Å². The van der Waals surface area contributed by atoms with E-state index < -0.39 is 11.6 Å². The van der Waals surface area contributed by atoms with E-state index in [0.717, 1.165) is 11.3 Å². The fourth-order valence-corrected chi connectivity index (χ4v) is 6.00. The number of hydrogen-bond acceptors (Lipinski definition) is 10. The van der Waals surface area contributed by atoms with E-state index in [-0.39, 0.29) is 54.3 Å². The molecule has 13 heteroatoms. The maximum atomic E-state index is 16.6. The Kier molecular flexibility index (Phi) is 8.10. The number of hydrogen-bond donors (Lipinski definition) is 3. The predicted octanol–water partition coefficient (Wildman–Crippen LogP) is 5.98. The van der Waals surface area contributed by atoms with E-state index in [4.69, 9.17) is 28.1 Å². The van der Waals surface area contributed by atoms with Crippen molar-refractivity contribution in [3.8, 4) is 17.2 Å². The van der Waals surface area contributed by atoms with E-state index in [1.54, 1.807) is 12.3 Å². The van der Waals surface area contributed by atoms with Crippen molar-refractivity contribution >= 4 is 60.6 Å². The molecule has 5 N–H and O–H groups in total. The van der Waals surface area contributed by atoms with Crippen molar-refractivity contribution in [2.45, 2.75) is 32.2 Å². The van der Waals surface area contributed by atoms with Crippen molar-refractivity contribution < 1.29 is 8.78 Å². The highest BCUT2D eigenvalue weighted by Gasteiger charge is 2.25. The zero-order chi connectivity index (χ0) is 30.3. The van der Waals surface area contributed by atoms with E-state index in [9.17, 15) is 9.65 Å². The molecule has 0 aliphatic heterocycles. The molecule has 216 valence electrons. The summed E-state index contributed by atoms with van der Waals surface area (Å²) in [6.07, 6.45) is 3.55. The minimum absolute atomic E-state index is 0.000395. The lowest BCUT2D eigenvalue weighted by Gasteiger charge is -2.21. The minimum atomic E-state index is -0.713. The average molecular weight is 608 g/mol. The Balaban J connectivity index is 1.69. The Bertz CT molecular complexity index is 1870. The summed E-state index contributed by atoms with van der Waals surface area (Å²) in [6.45, 7) is 4.33. The topological polar surface area (TPSA) is 143 Å². The number of nitrogens with zero attached hydrogens (tertiary/aromatic N) is 6. The molecular weight excluding hydrogens is 580 g/mol. The van der Waals surface area contributed by atoms with Gasteiger partial charge in [-0.1, -0.05) is 24.6 Å². The van der Waals surface area contributed by atoms with Crippen molar-refractivity contribution in [3.63, 3.8) is 0 Å². The van der Waals surface area contributed by atoms with Crippen molar-refractivity contribution in [2.75, 3.05) is 37.4 Å². The Morgan fingerprint density at radius 3 is 2.57 bits per heavy atom. The summed E-state index contributed by atoms with van der Waals surface area (Å²) in [5, 5.41) is 13.8. The van der Waals surface area contributed by atoms with Crippen LogP contribution < -0.4 is 16.8 Å². The Hall–Kier alpha value is -4.18. The van der Waals surface area contributed by atoms with Crippen LogP contribution in [0.4, 0.5) is 25.4 Å². The quantitative estimate of drug-likeness (QED) is 0.194. The first-order valence-corrected chi connectivity index (χ1v) is 14.3. The van der Waals surface area contributed by atoms with Gasteiger partial charge in [0.15, 0.2) is 5.82 Å². The maximum absolute atomic E-state index is 16.6. The fourth-order valence-electron chi connectivity index (χ4n) is 4.76. The lowest BCUT2D eigenvalue weighted by atomic mass is 9.97. The molecular formula is C29H28ClF2N9S. The SMILES string of the molecule is C[C@H](CNc1nc(C[C@H](C)N(C)C)nc2c(F)c(-c3ccc(F)c4sc(N)c(C#N)c34)c(Cl)cc12)c1nccnc1N. The first-order valence-electron chi connectivity index (χ1n) is 13.1. The third-order valence-electron chi connectivity index (χ3n) is 7.29. The van der Waals surface area contributed by atoms with Crippen LogP contribution in [-0.4, -0.2) is 51.5 Å². The van der Waals surface area contributed by atoms with Gasteiger partial charge in [0, 0.05) is 53.7 Å². The second kappa shape index (κ2) is 11.6. The zero-order valence-electron chi connectivity index (χ0n) is 23.3. The average Bonchev–Trinajstić information content (AvgIpc) is 3.30. The summed E-state index contributed by atoms with van der Waals surface area (Å²) in [6, 6.07) is 6.28. The van der Waals surface area contributed by atoms with E-state index >= 15 is 4.39 Å². The van der Waals surface area contributed by atoms with Gasteiger partial charge in [0.25, 0.3) is 0 Å². The zero-order valence-corrected chi connectivity index (χ0v) is 24.9. The lowest BCUT2D eigenvalue weighted by Crippen LogP contribution is -2.27. The van der Waals surface area contributed by atoms with Crippen LogP contribution in [0.2, 0.25) is 5.02 Å². The molecule has 0 saturated carbocycles. The molecule has 3 heterocycles. The molecule has 0 amide bonds. The number of nitrogens with one attached hydrogen (secondary N) is 1. The van der Waals surface area contributed by atoms with E-state index in [2.05, 4.69) is 20.3 Å². The number of fused-ring (bicyclic) bond motifs is 2. The largest absolute Gasteiger partial charge is 0.389 e. The van der Waals surface area contributed by atoms with Gasteiger partial charge >= 0.3 is 0 Å². The fraction of sp³-hybridized carbons (Fsp3) is 0.276. The van der Waals surface area contributed by atoms with Gasteiger partial charge in [0.1, 0.15) is 39.9 Å². The van der Waals surface area contributed by atoms with Gasteiger partial charge in [0.2, 0.25) is 0 Å². The number of anilines is 3. The summed E-state index contributed by atoms with van der Waals surface area (Å²) in [7, 11) is 3.88. The molecule has 0 radical (unpaired) electrons. The summed E-state index contributed by atoms with van der Waals surface area (Å²) < 4.78 is 31.5. The van der Waals surface area contributed by atoms with Gasteiger partial charge in [-0.25, -0.2) is 23.7 Å². The molecule has 5 aromatic rings. The van der Waals surface area contributed by atoms with Crippen LogP contribution in [0.1, 0.15) is 36.8 Å². The molecule has 3 aromatic heterocycles. The summed E-state index contributed by atoms with van der Waals surface area (Å²) >= 11 is 7.67. The molecule has 0 unspecified atom stereocenters. The number of nitriles is 1. The highest BCUT2D eigenvalue weighted by Crippen LogP contribution is 2.45. The summed E-state index contributed by atoms with van der Waals surface area (Å²) in [5.41, 5.74) is 13.0. The van der Waals surface area contributed by atoms with E-state index in [1.807, 2.05) is 38.9 Å². The number of thiophene rings is 1. The van der Waals surface area contributed by atoms with Crippen molar-refractivity contribution in [1.82, 2.24) is 24.8 Å². The number of halogens is 3. The van der Waals surface area contributed by atoms with Gasteiger partial charge in [-0.2, -0.15) is 5.26 Å². The molecule has 5 rings (SSSR count). The molecule has 0 spiro atoms. The standard InChI is InChI=1S/C29H28ClF2N9S/c1-13(24-27(34)37-8-7-36-24)12-38-29-16-10-18(30)22(23(32)25(16)39-20(40-29)9-14(2)41(3)4)15-5-6-19(31)26-21(15)17(11-33)28(35)42-26/h5-8,10,13-14H,9,12,35H2,1-4H3,(H2,34,37)(H,38,39,40)/t13-,14+/m1/s1. The second-order valence-electron chi connectivity index (χ2n) is 10.3. The Labute approximate surface area is 250 Å². The normalized spacial score (nSPS) is 13.0. The monoisotopic (exact) mass is 607 g/mol. The summed E-state index contributed by atoms with van der Waals surface area (Å²) in [5.74, 6) is -0.273. The minimum Gasteiger partial charge on any atom is -0.389 e. The van der Waals surface area contributed by atoms with Gasteiger partial charge in [0.05, 0.1) is 21.0 Å². The highest BCUT2D eigenvalue weighted by atomic mass is 35.5. The number of aromatic nitrogens is 4. The predicted molar refractivity (Wildman–Crippen MR) is 165 cm³/mol. The van der Waals surface area contributed by atoms with Gasteiger partial charge in [-0.05, 0) is 38.7 Å². The molecule has 0 aliphatic rings. The third-order valence-corrected chi connectivity index (χ3v) is 8.61.